The largest absolute Gasteiger partial charge is 0.493 e. The van der Waals surface area contributed by atoms with Gasteiger partial charge in [-0.2, -0.15) is 0 Å². The molecule has 0 saturated heterocycles. The van der Waals surface area contributed by atoms with Gasteiger partial charge in [0.25, 0.3) is 0 Å². The van der Waals surface area contributed by atoms with Crippen LogP contribution in [0.5, 0.6) is 115 Å². The molecule has 0 fully saturated rings. The highest BCUT2D eigenvalue weighted by Gasteiger charge is 2.42. The average molecular weight is 1750 g/mol. The van der Waals surface area contributed by atoms with Crippen molar-refractivity contribution in [2.75, 3.05) is 46.0 Å². The third-order valence-corrected chi connectivity index (χ3v) is 26.6. The van der Waals surface area contributed by atoms with Gasteiger partial charge in [-0.25, -0.2) is 0 Å². The highest BCUT2D eigenvalue weighted by molar-refractivity contribution is 6.02. The summed E-state index contributed by atoms with van der Waals surface area (Å²) in [6, 6.07) is 88.7. The molecule has 16 nitrogen and oxygen atoms in total. The fraction of sp³-hybridized carbons (Fsp3) is 0.276. The minimum Gasteiger partial charge on any atom is -0.493 e. The summed E-state index contributed by atoms with van der Waals surface area (Å²) in [5.74, 6) is 14.0. The Kier molecular flexibility index (Phi) is 23.4. The molecule has 666 valence electrons. The molecule has 0 bridgehead atoms. The van der Waals surface area contributed by atoms with Gasteiger partial charge in [0.2, 0.25) is 0 Å². The quantitative estimate of drug-likeness (QED) is 0.0343. The van der Waals surface area contributed by atoms with Gasteiger partial charge in [0.1, 0.15) is 45.7 Å². The van der Waals surface area contributed by atoms with E-state index in [0.717, 1.165) is 224 Å². The van der Waals surface area contributed by atoms with E-state index in [-0.39, 0.29) is 0 Å². The van der Waals surface area contributed by atoms with Crippen molar-refractivity contribution in [1.29, 1.82) is 0 Å². The van der Waals surface area contributed by atoms with Gasteiger partial charge < -0.3 is 56.8 Å². The van der Waals surface area contributed by atoms with Gasteiger partial charge in [-0.3, -0.25) is 19.6 Å². The van der Waals surface area contributed by atoms with Crippen molar-refractivity contribution in [3.8, 4) is 171 Å². The van der Waals surface area contributed by atoms with Gasteiger partial charge in [0, 0.05) is 46.5 Å². The second-order valence-electron chi connectivity index (χ2n) is 35.8. The fourth-order valence-corrected chi connectivity index (χ4v) is 20.0. The second-order valence-corrected chi connectivity index (χ2v) is 35.8. The van der Waals surface area contributed by atoms with Crippen molar-refractivity contribution in [2.45, 2.75) is 182 Å². The van der Waals surface area contributed by atoms with Crippen LogP contribution in [0.3, 0.4) is 0 Å². The minimum atomic E-state index is 0.488. The summed E-state index contributed by atoms with van der Waals surface area (Å²) < 4.78 is 85.9. The molecule has 14 aromatic rings. The van der Waals surface area contributed by atoms with Crippen LogP contribution in [0.2, 0.25) is 0 Å². The van der Waals surface area contributed by atoms with Crippen molar-refractivity contribution < 1.29 is 56.8 Å². The number of unbranched alkanes of at least 4 members (excludes halogenated alkanes) is 20. The molecule has 0 saturated carbocycles. The van der Waals surface area contributed by atoms with E-state index >= 15 is 0 Å². The summed E-state index contributed by atoms with van der Waals surface area (Å²) in [5, 5.41) is 0. The van der Waals surface area contributed by atoms with Crippen molar-refractivity contribution in [3.63, 3.8) is 0 Å². The first kappa shape index (κ1) is 83.5. The third kappa shape index (κ3) is 15.9. The number of anilines is 12. The van der Waals surface area contributed by atoms with Gasteiger partial charge in [-0.1, -0.05) is 229 Å². The highest BCUT2D eigenvalue weighted by atomic mass is 16.5. The standard InChI is InChI=1S/C116H110N4O12/c1-5-9-13-17-21-33-57-121-105-71-89-109(129-101-53-37-49-97-113(101)117(89)85-41-25-29-45-93(85)125-97)67-81(105)77-61-75(62-78(65-77)82-68-110-90(72-106(82)122-58-34-22-18-14-10-6-2)118-86-42-26-30-46-94(86)126-98-50-38-54-102(130-110)114(98)118)76-63-79(83-69-111-91(73-107(83)123-59-35-23-19-15-11-7-3)119-87-43-27-31-47-95(87)127-99-51-39-55-103(131-111)115(99)119)66-80(64-76)84-70-112-92(74-108(84)124-60-36-24-20-16-12-8-4)120-88-44-28-32-48-96(88)128-100-52-40-56-104(132-112)116(100)120/h25-32,37-56,61-74H,5-24,33-36,57-60H2,1-4H3. The van der Waals surface area contributed by atoms with E-state index in [4.69, 9.17) is 56.8 Å². The molecular weight excluding hydrogens is 1640 g/mol. The Bertz CT molecular complexity index is 5930. The van der Waals surface area contributed by atoms with Gasteiger partial charge in [-0.15, -0.1) is 0 Å². The Hall–Kier alpha value is -14.1. The first-order valence-electron chi connectivity index (χ1n) is 48.4. The number of hydrogen-bond acceptors (Lipinski definition) is 16. The molecule has 0 spiro atoms. The Morgan fingerprint density at radius 3 is 0.591 bits per heavy atom. The van der Waals surface area contributed by atoms with Crippen molar-refractivity contribution in [2.24, 2.45) is 0 Å². The number of rotatable bonds is 37. The lowest BCUT2D eigenvalue weighted by Gasteiger charge is -2.38. The molecule has 132 heavy (non-hydrogen) atoms. The molecule has 0 radical (unpaired) electrons. The van der Waals surface area contributed by atoms with Crippen molar-refractivity contribution >= 4 is 68.2 Å². The zero-order valence-corrected chi connectivity index (χ0v) is 75.7. The van der Waals surface area contributed by atoms with Gasteiger partial charge in [0.15, 0.2) is 92.0 Å². The first-order valence-corrected chi connectivity index (χ1v) is 48.4. The Morgan fingerprint density at radius 1 is 0.174 bits per heavy atom. The second kappa shape index (κ2) is 37.0. The van der Waals surface area contributed by atoms with Crippen LogP contribution in [0.4, 0.5) is 68.2 Å². The summed E-state index contributed by atoms with van der Waals surface area (Å²) in [4.78, 5) is 9.14. The van der Waals surface area contributed by atoms with Crippen LogP contribution in [0, 0.1) is 0 Å². The van der Waals surface area contributed by atoms with Gasteiger partial charge in [0.05, 0.1) is 71.9 Å². The van der Waals surface area contributed by atoms with E-state index in [0.29, 0.717) is 118 Å². The predicted octanol–water partition coefficient (Wildman–Crippen LogP) is 35.7. The molecular formula is C116H110N4O12. The summed E-state index contributed by atoms with van der Waals surface area (Å²) in [6.07, 6.45) is 26.3. The third-order valence-electron chi connectivity index (χ3n) is 26.6. The summed E-state index contributed by atoms with van der Waals surface area (Å²) in [6.45, 7) is 11.0. The zero-order chi connectivity index (χ0) is 88.5. The van der Waals surface area contributed by atoms with Crippen molar-refractivity contribution in [1.82, 2.24) is 0 Å². The first-order chi connectivity index (χ1) is 65.3. The molecule has 8 aliphatic rings. The maximum absolute atomic E-state index is 7.46. The number of hydrogen-bond donors (Lipinski definition) is 0. The Morgan fingerprint density at radius 2 is 0.364 bits per heavy atom. The number of fused-ring (bicyclic) bond motifs is 16. The molecule has 0 N–H and O–H groups in total. The predicted molar refractivity (Wildman–Crippen MR) is 528 cm³/mol. The fourth-order valence-electron chi connectivity index (χ4n) is 20.0. The molecule has 0 aromatic heterocycles. The van der Waals surface area contributed by atoms with Crippen LogP contribution in [0.1, 0.15) is 182 Å². The molecule has 8 heterocycles. The Balaban J connectivity index is 0.794. The van der Waals surface area contributed by atoms with E-state index in [1.807, 2.05) is 121 Å². The number of ether oxygens (including phenoxy) is 12. The Labute approximate surface area is 773 Å². The van der Waals surface area contributed by atoms with Crippen LogP contribution >= 0.6 is 0 Å². The van der Waals surface area contributed by atoms with Crippen LogP contribution < -0.4 is 76.4 Å². The van der Waals surface area contributed by atoms with Gasteiger partial charge >= 0.3 is 0 Å². The lowest BCUT2D eigenvalue weighted by molar-refractivity contribution is 0.305. The molecule has 8 aliphatic heterocycles. The van der Waals surface area contributed by atoms with Crippen LogP contribution in [0.15, 0.2) is 255 Å². The van der Waals surface area contributed by atoms with E-state index in [1.165, 1.54) is 77.0 Å². The summed E-state index contributed by atoms with van der Waals surface area (Å²) in [7, 11) is 0. The maximum Gasteiger partial charge on any atom is 0.155 e. The number of nitrogens with zero attached hydrogens (tertiary/aromatic N) is 4. The van der Waals surface area contributed by atoms with E-state index in [9.17, 15) is 0 Å². The van der Waals surface area contributed by atoms with Crippen molar-refractivity contribution in [3.05, 3.63) is 255 Å². The SMILES string of the molecule is CCCCCCCCOc1cc2c(cc1-c1cc(-c3cc(-c4cc5c(cc4OCCCCCCCC)N4c6ccccc6Oc6cccc(c64)O5)cc(-c4cc5c(cc4OCCCCCCCC)N4c6ccccc6Oc6cccc(c64)O5)c3)cc(-c3cc4c(cc3OCCCCCCCC)N3c5ccccc5Oc5cccc(c53)O4)c1)Oc1cccc3c1N2c1ccccc1O3. The van der Waals surface area contributed by atoms with Gasteiger partial charge in [-0.05, 0) is 217 Å². The summed E-state index contributed by atoms with van der Waals surface area (Å²) in [5.41, 5.74) is 18.9. The molecule has 0 unspecified atom stereocenters. The summed E-state index contributed by atoms with van der Waals surface area (Å²) >= 11 is 0. The van der Waals surface area contributed by atoms with Crippen LogP contribution in [0.25, 0.3) is 55.6 Å². The molecule has 22 rings (SSSR count). The minimum absolute atomic E-state index is 0.488. The van der Waals surface area contributed by atoms with E-state index in [2.05, 4.69) is 181 Å². The smallest absolute Gasteiger partial charge is 0.155 e. The zero-order valence-electron chi connectivity index (χ0n) is 75.7. The van der Waals surface area contributed by atoms with E-state index in [1.54, 1.807) is 0 Å². The molecule has 16 heteroatoms. The highest BCUT2D eigenvalue weighted by Crippen LogP contribution is 2.67. The van der Waals surface area contributed by atoms with Crippen LogP contribution in [-0.4, -0.2) is 26.4 Å². The lowest BCUT2D eigenvalue weighted by atomic mass is 9.88. The maximum atomic E-state index is 7.46. The van der Waals surface area contributed by atoms with E-state index < -0.39 is 0 Å². The average Bonchev–Trinajstić information content (AvgIpc) is 0.647. The lowest BCUT2D eigenvalue weighted by Crippen LogP contribution is -2.20. The molecule has 0 aliphatic carbocycles. The topological polar surface area (TPSA) is 124 Å². The molecule has 14 aromatic carbocycles. The molecule has 0 atom stereocenters. The normalized spacial score (nSPS) is 13.2. The molecule has 0 amide bonds. The number of para-hydroxylation sites is 12. The van der Waals surface area contributed by atoms with Crippen LogP contribution in [-0.2, 0) is 0 Å². The monoisotopic (exact) mass is 1750 g/mol. The number of benzene rings is 14.